The monoisotopic (exact) mass is 587 g/mol. The Labute approximate surface area is 247 Å². The van der Waals surface area contributed by atoms with Crippen LogP contribution in [0.3, 0.4) is 0 Å². The van der Waals surface area contributed by atoms with Crippen LogP contribution in [0, 0.1) is 5.92 Å². The second-order valence-corrected chi connectivity index (χ2v) is 11.9. The Balaban J connectivity index is 1.86. The average Bonchev–Trinajstić information content (AvgIpc) is 3.20. The van der Waals surface area contributed by atoms with E-state index in [-0.39, 0.29) is 31.4 Å². The van der Waals surface area contributed by atoms with Crippen molar-refractivity contribution in [2.75, 3.05) is 13.2 Å². The Morgan fingerprint density at radius 2 is 1.93 bits per heavy atom. The summed E-state index contributed by atoms with van der Waals surface area (Å²) in [5.41, 5.74) is -1.97. The van der Waals surface area contributed by atoms with E-state index >= 15 is 0 Å². The van der Waals surface area contributed by atoms with Gasteiger partial charge in [0, 0.05) is 18.4 Å². The molecule has 3 amide bonds. The van der Waals surface area contributed by atoms with Crippen molar-refractivity contribution in [3.8, 4) is 0 Å². The predicted octanol–water partition coefficient (Wildman–Crippen LogP) is 2.55. The first kappa shape index (κ1) is 32.7. The van der Waals surface area contributed by atoms with Crippen molar-refractivity contribution in [2.24, 2.45) is 13.0 Å². The molecule has 5 atom stereocenters. The van der Waals surface area contributed by atoms with E-state index in [1.807, 2.05) is 6.08 Å². The SMILES string of the molecule is C=CCCCCC[C@H](NC(=O)OC(C)(C)C)C(=O)N1C[C@H](c2nnn(C)n2)C[C@H]1C(=O)NC1(C(=O)OCC)C[C@H]1C=C. The first-order valence-corrected chi connectivity index (χ1v) is 14.6. The summed E-state index contributed by atoms with van der Waals surface area (Å²) < 4.78 is 10.7. The number of alkyl carbamates (subject to hydrolysis) is 1. The van der Waals surface area contributed by atoms with Crippen molar-refractivity contribution < 1.29 is 28.7 Å². The van der Waals surface area contributed by atoms with Crippen molar-refractivity contribution in [3.05, 3.63) is 31.1 Å². The Hall–Kier alpha value is -3.77. The number of allylic oxidation sites excluding steroid dienone is 1. The minimum atomic E-state index is -1.22. The number of carbonyl (C=O) groups is 4. The third-order valence-electron chi connectivity index (χ3n) is 7.45. The molecule has 1 unspecified atom stereocenters. The number of esters is 1. The summed E-state index contributed by atoms with van der Waals surface area (Å²) in [5, 5.41) is 17.9. The van der Waals surface area contributed by atoms with Crippen LogP contribution in [0.15, 0.2) is 25.3 Å². The van der Waals surface area contributed by atoms with E-state index in [4.69, 9.17) is 9.47 Å². The van der Waals surface area contributed by atoms with Crippen LogP contribution in [0.5, 0.6) is 0 Å². The fraction of sp³-hybridized carbons (Fsp3) is 0.690. The number of likely N-dealkylation sites (tertiary alicyclic amines) is 1. The highest BCUT2D eigenvalue weighted by Gasteiger charge is 2.62. The van der Waals surface area contributed by atoms with E-state index in [9.17, 15) is 19.2 Å². The Morgan fingerprint density at radius 3 is 2.50 bits per heavy atom. The van der Waals surface area contributed by atoms with Gasteiger partial charge in [0.2, 0.25) is 11.8 Å². The van der Waals surface area contributed by atoms with Gasteiger partial charge in [-0.1, -0.05) is 25.0 Å². The topological polar surface area (TPSA) is 158 Å². The van der Waals surface area contributed by atoms with Crippen LogP contribution < -0.4 is 10.6 Å². The minimum absolute atomic E-state index is 0.142. The van der Waals surface area contributed by atoms with E-state index in [0.29, 0.717) is 25.1 Å². The molecule has 1 aromatic heterocycles. The normalized spacial score (nSPS) is 23.9. The summed E-state index contributed by atoms with van der Waals surface area (Å²) in [6.45, 7) is 14.8. The molecular formula is C29H45N7O6. The number of unbranched alkanes of at least 4 members (excludes halogenated alkanes) is 3. The lowest BCUT2D eigenvalue weighted by Gasteiger charge is -2.30. The van der Waals surface area contributed by atoms with Crippen LogP contribution in [-0.2, 0) is 30.9 Å². The van der Waals surface area contributed by atoms with Crippen LogP contribution in [-0.4, -0.2) is 85.4 Å². The molecular weight excluding hydrogens is 542 g/mol. The number of nitrogens with zero attached hydrogens (tertiary/aromatic N) is 5. The van der Waals surface area contributed by atoms with Crippen molar-refractivity contribution in [3.63, 3.8) is 0 Å². The van der Waals surface area contributed by atoms with Crippen LogP contribution in [0.1, 0.15) is 84.4 Å². The van der Waals surface area contributed by atoms with E-state index in [0.717, 1.165) is 19.3 Å². The molecule has 2 fully saturated rings. The van der Waals surface area contributed by atoms with Gasteiger partial charge in [0.15, 0.2) is 5.82 Å². The number of nitrogens with one attached hydrogen (secondary N) is 2. The number of tetrazole rings is 1. The first-order valence-electron chi connectivity index (χ1n) is 14.6. The van der Waals surface area contributed by atoms with Crippen LogP contribution in [0.25, 0.3) is 0 Å². The number of amides is 3. The maximum absolute atomic E-state index is 14.1. The molecule has 2 aliphatic rings. The summed E-state index contributed by atoms with van der Waals surface area (Å²) in [7, 11) is 1.64. The maximum Gasteiger partial charge on any atom is 0.408 e. The Kier molecular flexibility index (Phi) is 10.9. The van der Waals surface area contributed by atoms with Crippen LogP contribution in [0.4, 0.5) is 4.79 Å². The largest absolute Gasteiger partial charge is 0.464 e. The van der Waals surface area contributed by atoms with Gasteiger partial charge in [-0.2, -0.15) is 4.80 Å². The molecule has 1 aromatic rings. The summed E-state index contributed by atoms with van der Waals surface area (Å²) in [5.74, 6) is -1.69. The Morgan fingerprint density at radius 1 is 1.19 bits per heavy atom. The van der Waals surface area contributed by atoms with Crippen LogP contribution >= 0.6 is 0 Å². The van der Waals surface area contributed by atoms with Gasteiger partial charge in [0.25, 0.3) is 0 Å². The van der Waals surface area contributed by atoms with Gasteiger partial charge in [-0.25, -0.2) is 9.59 Å². The highest BCUT2D eigenvalue weighted by atomic mass is 16.6. The fourth-order valence-electron chi connectivity index (χ4n) is 5.26. The van der Waals surface area contributed by atoms with Crippen molar-refractivity contribution in [2.45, 2.75) is 102 Å². The maximum atomic E-state index is 14.1. The van der Waals surface area contributed by atoms with Crippen molar-refractivity contribution in [1.82, 2.24) is 35.7 Å². The number of ether oxygens (including phenoxy) is 2. The number of rotatable bonds is 14. The predicted molar refractivity (Wildman–Crippen MR) is 154 cm³/mol. The molecule has 0 bridgehead atoms. The first-order chi connectivity index (χ1) is 19.8. The standard InChI is InChI=1S/C29H45N7O6/c1-8-11-12-13-14-15-21(30-27(40)42-28(4,5)6)25(38)36-18-19(23-32-34-35(7)33-23)16-22(36)24(37)31-29(17-20(29)9-2)26(39)41-10-3/h8-9,19-22H,1-2,10-18H2,3-7H3,(H,30,40)(H,31,37)/t19-,20-,21+,22+,29?/m1/s1. The molecule has 13 heteroatoms. The van der Waals surface area contributed by atoms with Crippen molar-refractivity contribution >= 4 is 23.9 Å². The number of aryl methyl sites for hydroxylation is 1. The molecule has 0 radical (unpaired) electrons. The van der Waals surface area contributed by atoms with E-state index in [1.54, 1.807) is 40.8 Å². The van der Waals surface area contributed by atoms with E-state index in [2.05, 4.69) is 39.2 Å². The summed E-state index contributed by atoms with van der Waals surface area (Å²) in [6.07, 6.45) is 6.97. The van der Waals surface area contributed by atoms with Gasteiger partial charge in [-0.15, -0.1) is 23.4 Å². The van der Waals surface area contributed by atoms with Gasteiger partial charge >= 0.3 is 12.1 Å². The zero-order valence-corrected chi connectivity index (χ0v) is 25.4. The van der Waals surface area contributed by atoms with Gasteiger partial charge in [-0.3, -0.25) is 9.59 Å². The lowest BCUT2D eigenvalue weighted by molar-refractivity contribution is -0.150. The number of hydrogen-bond donors (Lipinski definition) is 2. The molecule has 13 nitrogen and oxygen atoms in total. The zero-order chi connectivity index (χ0) is 31.1. The second-order valence-electron chi connectivity index (χ2n) is 11.9. The summed E-state index contributed by atoms with van der Waals surface area (Å²) in [6, 6.07) is -1.86. The lowest BCUT2D eigenvalue weighted by Crippen LogP contribution is -2.56. The highest BCUT2D eigenvalue weighted by Crippen LogP contribution is 2.46. The zero-order valence-electron chi connectivity index (χ0n) is 25.4. The summed E-state index contributed by atoms with van der Waals surface area (Å²) >= 11 is 0. The molecule has 2 heterocycles. The second kappa shape index (κ2) is 13.9. The minimum Gasteiger partial charge on any atom is -0.464 e. The quantitative estimate of drug-likeness (QED) is 0.190. The number of aromatic nitrogens is 4. The molecule has 0 spiro atoms. The van der Waals surface area contributed by atoms with Gasteiger partial charge in [0.1, 0.15) is 23.2 Å². The van der Waals surface area contributed by atoms with E-state index in [1.165, 1.54) is 9.70 Å². The average molecular weight is 588 g/mol. The van der Waals surface area contributed by atoms with Crippen molar-refractivity contribution in [1.29, 1.82) is 0 Å². The van der Waals surface area contributed by atoms with Crippen LogP contribution in [0.2, 0.25) is 0 Å². The van der Waals surface area contributed by atoms with Gasteiger partial charge < -0.3 is 25.0 Å². The fourth-order valence-corrected chi connectivity index (χ4v) is 5.26. The Bertz CT molecular complexity index is 1160. The molecule has 0 aromatic carbocycles. The number of carbonyl (C=O) groups excluding carboxylic acids is 4. The number of hydrogen-bond acceptors (Lipinski definition) is 9. The van der Waals surface area contributed by atoms with Gasteiger partial charge in [0.05, 0.1) is 13.7 Å². The van der Waals surface area contributed by atoms with Gasteiger partial charge in [-0.05, 0) is 65.0 Å². The highest BCUT2D eigenvalue weighted by molar-refractivity contribution is 5.96. The van der Waals surface area contributed by atoms with E-state index < -0.39 is 47.1 Å². The molecule has 2 N–H and O–H groups in total. The third-order valence-corrected chi connectivity index (χ3v) is 7.45. The molecule has 3 rings (SSSR count). The molecule has 1 aliphatic carbocycles. The molecule has 1 saturated carbocycles. The molecule has 232 valence electrons. The molecule has 42 heavy (non-hydrogen) atoms. The summed E-state index contributed by atoms with van der Waals surface area (Å²) in [4.78, 5) is 56.2. The lowest BCUT2D eigenvalue weighted by atomic mass is 10.0. The smallest absolute Gasteiger partial charge is 0.408 e. The molecule has 1 saturated heterocycles. The third kappa shape index (κ3) is 8.16. The molecule has 1 aliphatic heterocycles.